The zero-order chi connectivity index (χ0) is 13.7. The molecule has 0 saturated heterocycles. The zero-order valence-electron chi connectivity index (χ0n) is 11.4. The summed E-state index contributed by atoms with van der Waals surface area (Å²) >= 11 is 0. The number of anilines is 1. The van der Waals surface area contributed by atoms with Gasteiger partial charge in [-0.1, -0.05) is 0 Å². The first kappa shape index (κ1) is 13.5. The third-order valence-electron chi connectivity index (χ3n) is 2.92. The molecule has 0 saturated carbocycles. The first-order chi connectivity index (χ1) is 9.22. The van der Waals surface area contributed by atoms with E-state index in [4.69, 9.17) is 4.74 Å². The fraction of sp³-hybridized carbons (Fsp3) is 0.333. The molecule has 0 unspecified atom stereocenters. The minimum absolute atomic E-state index is 0.0177. The second-order valence-corrected chi connectivity index (χ2v) is 4.45. The molecular formula is C15H20N2O2. The Morgan fingerprint density at radius 3 is 2.79 bits per heavy atom. The number of rotatable bonds is 6. The number of aliphatic hydroxyl groups excluding tert-OH is 1. The fourth-order valence-electron chi connectivity index (χ4n) is 1.98. The molecule has 0 aliphatic rings. The lowest BCUT2D eigenvalue weighted by molar-refractivity contribution is 0.267. The summed E-state index contributed by atoms with van der Waals surface area (Å²) in [6, 6.07) is 7.86. The largest absolute Gasteiger partial charge is 0.494 e. The van der Waals surface area contributed by atoms with Crippen LogP contribution in [-0.2, 0) is 20.2 Å². The zero-order valence-corrected chi connectivity index (χ0v) is 11.4. The smallest absolute Gasteiger partial charge is 0.124 e. The number of nitrogens with zero attached hydrogens (tertiary/aromatic N) is 1. The average molecular weight is 260 g/mol. The highest BCUT2D eigenvalue weighted by molar-refractivity contribution is 5.51. The van der Waals surface area contributed by atoms with Gasteiger partial charge in [-0.3, -0.25) is 0 Å². The van der Waals surface area contributed by atoms with E-state index in [1.807, 2.05) is 42.9 Å². The average Bonchev–Trinajstić information content (AvgIpc) is 2.83. The van der Waals surface area contributed by atoms with Crippen molar-refractivity contribution in [3.8, 4) is 5.75 Å². The summed E-state index contributed by atoms with van der Waals surface area (Å²) in [5.41, 5.74) is 3.01. The minimum Gasteiger partial charge on any atom is -0.494 e. The van der Waals surface area contributed by atoms with E-state index in [9.17, 15) is 5.11 Å². The van der Waals surface area contributed by atoms with Crippen LogP contribution in [0, 0.1) is 0 Å². The lowest BCUT2D eigenvalue weighted by atomic mass is 10.2. The first-order valence-corrected chi connectivity index (χ1v) is 6.44. The molecule has 2 aromatic rings. The number of aliphatic hydroxyl groups is 1. The summed E-state index contributed by atoms with van der Waals surface area (Å²) in [6.45, 7) is 3.28. The van der Waals surface area contributed by atoms with E-state index in [1.54, 1.807) is 0 Å². The fourth-order valence-corrected chi connectivity index (χ4v) is 1.98. The van der Waals surface area contributed by atoms with Gasteiger partial charge in [-0.25, -0.2) is 0 Å². The molecule has 2 N–H and O–H groups in total. The molecule has 0 amide bonds. The van der Waals surface area contributed by atoms with Crippen LogP contribution in [0.4, 0.5) is 5.69 Å². The summed E-state index contributed by atoms with van der Waals surface area (Å²) in [5.74, 6) is 0.746. The number of aryl methyl sites for hydroxylation is 1. The van der Waals surface area contributed by atoms with Crippen molar-refractivity contribution in [2.45, 2.75) is 20.1 Å². The van der Waals surface area contributed by atoms with Crippen LogP contribution in [0.1, 0.15) is 18.1 Å². The summed E-state index contributed by atoms with van der Waals surface area (Å²) < 4.78 is 7.48. The van der Waals surface area contributed by atoms with E-state index in [2.05, 4.69) is 17.6 Å². The van der Waals surface area contributed by atoms with E-state index < -0.39 is 0 Å². The van der Waals surface area contributed by atoms with Crippen LogP contribution in [0.25, 0.3) is 0 Å². The molecule has 0 radical (unpaired) electrons. The Kier molecular flexibility index (Phi) is 4.47. The third-order valence-corrected chi connectivity index (χ3v) is 2.92. The van der Waals surface area contributed by atoms with Crippen LogP contribution in [0.3, 0.4) is 0 Å². The van der Waals surface area contributed by atoms with Gasteiger partial charge < -0.3 is 19.7 Å². The molecule has 0 spiro atoms. The van der Waals surface area contributed by atoms with Gasteiger partial charge in [-0.15, -0.1) is 0 Å². The van der Waals surface area contributed by atoms with E-state index >= 15 is 0 Å². The number of ether oxygens (including phenoxy) is 1. The molecule has 102 valence electrons. The third kappa shape index (κ3) is 3.51. The van der Waals surface area contributed by atoms with Gasteiger partial charge in [-0.2, -0.15) is 0 Å². The van der Waals surface area contributed by atoms with Crippen molar-refractivity contribution in [2.75, 3.05) is 11.9 Å². The van der Waals surface area contributed by atoms with Crippen LogP contribution < -0.4 is 10.1 Å². The Morgan fingerprint density at radius 2 is 2.16 bits per heavy atom. The Morgan fingerprint density at radius 1 is 1.32 bits per heavy atom. The Balaban J connectivity index is 2.04. The SMILES string of the molecule is CCOc1ccc(NCc2ccn(C)c2)cc1CO. The van der Waals surface area contributed by atoms with E-state index in [0.717, 1.165) is 23.5 Å². The van der Waals surface area contributed by atoms with Gasteiger partial charge in [0, 0.05) is 37.2 Å². The van der Waals surface area contributed by atoms with Crippen molar-refractivity contribution in [1.82, 2.24) is 4.57 Å². The van der Waals surface area contributed by atoms with Gasteiger partial charge >= 0.3 is 0 Å². The Labute approximate surface area is 113 Å². The van der Waals surface area contributed by atoms with Gasteiger partial charge in [0.25, 0.3) is 0 Å². The highest BCUT2D eigenvalue weighted by Gasteiger charge is 2.04. The lowest BCUT2D eigenvalue weighted by Crippen LogP contribution is -2.01. The summed E-state index contributed by atoms with van der Waals surface area (Å²) in [4.78, 5) is 0. The molecule has 0 bridgehead atoms. The first-order valence-electron chi connectivity index (χ1n) is 6.44. The maximum atomic E-state index is 9.35. The monoisotopic (exact) mass is 260 g/mol. The number of hydrogen-bond acceptors (Lipinski definition) is 3. The maximum Gasteiger partial charge on any atom is 0.124 e. The van der Waals surface area contributed by atoms with Crippen LogP contribution >= 0.6 is 0 Å². The number of aromatic nitrogens is 1. The van der Waals surface area contributed by atoms with Crippen LogP contribution in [0.15, 0.2) is 36.7 Å². The van der Waals surface area contributed by atoms with Crippen molar-refractivity contribution in [1.29, 1.82) is 0 Å². The van der Waals surface area contributed by atoms with E-state index in [1.165, 1.54) is 5.56 Å². The second-order valence-electron chi connectivity index (χ2n) is 4.45. The lowest BCUT2D eigenvalue weighted by Gasteiger charge is -2.11. The van der Waals surface area contributed by atoms with E-state index in [0.29, 0.717) is 6.61 Å². The predicted octanol–water partition coefficient (Wildman–Crippen LogP) is 2.53. The van der Waals surface area contributed by atoms with Gasteiger partial charge in [0.05, 0.1) is 13.2 Å². The summed E-state index contributed by atoms with van der Waals surface area (Å²) in [6.07, 6.45) is 4.10. The van der Waals surface area contributed by atoms with Crippen molar-refractivity contribution < 1.29 is 9.84 Å². The van der Waals surface area contributed by atoms with Crippen LogP contribution in [0.5, 0.6) is 5.75 Å². The molecule has 1 aromatic heterocycles. The highest BCUT2D eigenvalue weighted by Crippen LogP contribution is 2.23. The minimum atomic E-state index is -0.0177. The molecule has 4 nitrogen and oxygen atoms in total. The number of nitrogens with one attached hydrogen (secondary N) is 1. The highest BCUT2D eigenvalue weighted by atomic mass is 16.5. The normalized spacial score (nSPS) is 10.5. The molecule has 0 aliphatic heterocycles. The predicted molar refractivity (Wildman–Crippen MR) is 76.3 cm³/mol. The molecule has 0 atom stereocenters. The van der Waals surface area contributed by atoms with Gasteiger partial charge in [0.2, 0.25) is 0 Å². The molecule has 1 aromatic carbocycles. The molecule has 2 rings (SSSR count). The topological polar surface area (TPSA) is 46.4 Å². The molecule has 0 fully saturated rings. The maximum absolute atomic E-state index is 9.35. The second kappa shape index (κ2) is 6.29. The van der Waals surface area contributed by atoms with Crippen molar-refractivity contribution >= 4 is 5.69 Å². The van der Waals surface area contributed by atoms with Gasteiger partial charge in [-0.05, 0) is 36.8 Å². The van der Waals surface area contributed by atoms with Crippen molar-refractivity contribution in [3.05, 3.63) is 47.8 Å². The summed E-state index contributed by atoms with van der Waals surface area (Å²) in [5, 5.41) is 12.7. The van der Waals surface area contributed by atoms with Crippen molar-refractivity contribution in [2.24, 2.45) is 7.05 Å². The van der Waals surface area contributed by atoms with Crippen LogP contribution in [-0.4, -0.2) is 16.3 Å². The Hall–Kier alpha value is -1.94. The molecule has 19 heavy (non-hydrogen) atoms. The standard InChI is InChI=1S/C15H20N2O2/c1-3-19-15-5-4-14(8-13(15)11-18)16-9-12-6-7-17(2)10-12/h4-8,10,16,18H,3,9,11H2,1-2H3. The van der Waals surface area contributed by atoms with Gasteiger partial charge in [0.1, 0.15) is 5.75 Å². The van der Waals surface area contributed by atoms with Crippen LogP contribution in [0.2, 0.25) is 0 Å². The van der Waals surface area contributed by atoms with Gasteiger partial charge in [0.15, 0.2) is 0 Å². The molecule has 1 heterocycles. The molecule has 4 heteroatoms. The quantitative estimate of drug-likeness (QED) is 0.839. The Bertz CT molecular complexity index is 535. The number of hydrogen-bond donors (Lipinski definition) is 2. The molecule has 0 aliphatic carbocycles. The van der Waals surface area contributed by atoms with Crippen molar-refractivity contribution in [3.63, 3.8) is 0 Å². The molecular weight excluding hydrogens is 240 g/mol. The van der Waals surface area contributed by atoms with E-state index in [-0.39, 0.29) is 6.61 Å². The number of benzene rings is 1. The summed E-state index contributed by atoms with van der Waals surface area (Å²) in [7, 11) is 2.00.